The highest BCUT2D eigenvalue weighted by atomic mass is 16.3. The van der Waals surface area contributed by atoms with Gasteiger partial charge in [0.05, 0.1) is 12.6 Å². The second-order valence-electron chi connectivity index (χ2n) is 6.58. The predicted octanol–water partition coefficient (Wildman–Crippen LogP) is 3.84. The second-order valence-corrected chi connectivity index (χ2v) is 6.58. The van der Waals surface area contributed by atoms with Gasteiger partial charge in [-0.2, -0.15) is 0 Å². The first-order valence-corrected chi connectivity index (χ1v) is 8.14. The van der Waals surface area contributed by atoms with Crippen molar-refractivity contribution in [3.63, 3.8) is 0 Å². The average molecular weight is 275 g/mol. The van der Waals surface area contributed by atoms with E-state index in [0.29, 0.717) is 12.0 Å². The third-order valence-corrected chi connectivity index (χ3v) is 4.25. The molecule has 1 fully saturated rings. The van der Waals surface area contributed by atoms with Gasteiger partial charge >= 0.3 is 0 Å². The van der Waals surface area contributed by atoms with Crippen molar-refractivity contribution >= 4 is 0 Å². The Morgan fingerprint density at radius 3 is 2.30 bits per heavy atom. The fraction of sp³-hybridized carbons (Fsp3) is 0.667. The molecule has 0 heterocycles. The van der Waals surface area contributed by atoms with Crippen LogP contribution in [0.25, 0.3) is 0 Å². The highest BCUT2D eigenvalue weighted by Crippen LogP contribution is 2.22. The van der Waals surface area contributed by atoms with E-state index in [1.54, 1.807) is 0 Å². The number of hydrogen-bond acceptors (Lipinski definition) is 2. The SMILES string of the molecule is CC(C)Cc1ccc(C(CO)NC2CCCCC2)cc1. The van der Waals surface area contributed by atoms with Crippen LogP contribution < -0.4 is 5.32 Å². The Morgan fingerprint density at radius 2 is 1.75 bits per heavy atom. The van der Waals surface area contributed by atoms with Gasteiger partial charge in [-0.25, -0.2) is 0 Å². The first kappa shape index (κ1) is 15.5. The van der Waals surface area contributed by atoms with Crippen molar-refractivity contribution in [3.05, 3.63) is 35.4 Å². The summed E-state index contributed by atoms with van der Waals surface area (Å²) in [6.07, 6.45) is 7.64. The molecule has 0 spiro atoms. The minimum absolute atomic E-state index is 0.0891. The lowest BCUT2D eigenvalue weighted by molar-refractivity contribution is 0.220. The van der Waals surface area contributed by atoms with Gasteiger partial charge in [0.1, 0.15) is 0 Å². The zero-order valence-corrected chi connectivity index (χ0v) is 12.9. The lowest BCUT2D eigenvalue weighted by Gasteiger charge is -2.28. The summed E-state index contributed by atoms with van der Waals surface area (Å²) in [5, 5.41) is 13.3. The van der Waals surface area contributed by atoms with Crippen molar-refractivity contribution in [1.29, 1.82) is 0 Å². The van der Waals surface area contributed by atoms with E-state index in [1.165, 1.54) is 43.2 Å². The summed E-state index contributed by atoms with van der Waals surface area (Å²) in [6, 6.07) is 9.44. The van der Waals surface area contributed by atoms with Crippen LogP contribution in [0.2, 0.25) is 0 Å². The molecule has 1 aliphatic rings. The Bertz CT molecular complexity index is 379. The summed E-state index contributed by atoms with van der Waals surface area (Å²) in [6.45, 7) is 4.67. The molecule has 0 radical (unpaired) electrons. The van der Waals surface area contributed by atoms with Gasteiger partial charge < -0.3 is 10.4 Å². The first-order valence-electron chi connectivity index (χ1n) is 8.14. The maximum Gasteiger partial charge on any atom is 0.0626 e. The van der Waals surface area contributed by atoms with Crippen LogP contribution in [0.4, 0.5) is 0 Å². The van der Waals surface area contributed by atoms with E-state index >= 15 is 0 Å². The molecular formula is C18H29NO. The van der Waals surface area contributed by atoms with Crippen LogP contribution in [0.15, 0.2) is 24.3 Å². The van der Waals surface area contributed by atoms with E-state index in [1.807, 2.05) is 0 Å². The number of rotatable bonds is 6. The summed E-state index contributed by atoms with van der Waals surface area (Å²) in [4.78, 5) is 0. The van der Waals surface area contributed by atoms with Crippen LogP contribution in [0.3, 0.4) is 0 Å². The molecule has 0 saturated heterocycles. The maximum absolute atomic E-state index is 9.66. The van der Waals surface area contributed by atoms with Crippen molar-refractivity contribution in [2.45, 2.75) is 64.5 Å². The molecule has 1 aliphatic carbocycles. The van der Waals surface area contributed by atoms with Crippen molar-refractivity contribution in [2.24, 2.45) is 5.92 Å². The zero-order chi connectivity index (χ0) is 14.4. The van der Waals surface area contributed by atoms with E-state index in [9.17, 15) is 5.11 Å². The summed E-state index contributed by atoms with van der Waals surface area (Å²) < 4.78 is 0. The van der Waals surface area contributed by atoms with Crippen LogP contribution >= 0.6 is 0 Å². The molecule has 0 amide bonds. The van der Waals surface area contributed by atoms with Gasteiger partial charge in [0.2, 0.25) is 0 Å². The highest BCUT2D eigenvalue weighted by Gasteiger charge is 2.18. The Labute approximate surface area is 123 Å². The molecule has 0 aromatic heterocycles. The smallest absolute Gasteiger partial charge is 0.0626 e. The average Bonchev–Trinajstić information content (AvgIpc) is 2.46. The third kappa shape index (κ3) is 4.60. The van der Waals surface area contributed by atoms with Crippen molar-refractivity contribution in [1.82, 2.24) is 5.32 Å². The van der Waals surface area contributed by atoms with Gasteiger partial charge in [0.25, 0.3) is 0 Å². The Kier molecular flexibility index (Phi) is 6.06. The molecule has 1 aromatic rings. The van der Waals surface area contributed by atoms with Crippen molar-refractivity contribution in [3.8, 4) is 0 Å². The van der Waals surface area contributed by atoms with Crippen molar-refractivity contribution in [2.75, 3.05) is 6.61 Å². The van der Waals surface area contributed by atoms with Gasteiger partial charge in [-0.3, -0.25) is 0 Å². The van der Waals surface area contributed by atoms with Crippen LogP contribution in [0.1, 0.15) is 63.1 Å². The van der Waals surface area contributed by atoms with Crippen molar-refractivity contribution < 1.29 is 5.11 Å². The van der Waals surface area contributed by atoms with E-state index in [-0.39, 0.29) is 12.6 Å². The van der Waals surface area contributed by atoms with E-state index in [4.69, 9.17) is 0 Å². The summed E-state index contributed by atoms with van der Waals surface area (Å²) in [7, 11) is 0. The Balaban J connectivity index is 1.95. The van der Waals surface area contributed by atoms with Crippen LogP contribution in [-0.4, -0.2) is 17.8 Å². The quantitative estimate of drug-likeness (QED) is 0.826. The fourth-order valence-corrected chi connectivity index (χ4v) is 3.17. The fourth-order valence-electron chi connectivity index (χ4n) is 3.17. The number of nitrogens with one attached hydrogen (secondary N) is 1. The van der Waals surface area contributed by atoms with E-state index in [2.05, 4.69) is 43.4 Å². The molecule has 0 bridgehead atoms. The minimum Gasteiger partial charge on any atom is -0.394 e. The molecule has 2 N–H and O–H groups in total. The molecule has 1 unspecified atom stereocenters. The third-order valence-electron chi connectivity index (χ3n) is 4.25. The number of aliphatic hydroxyl groups excluding tert-OH is 1. The lowest BCUT2D eigenvalue weighted by atomic mass is 9.93. The normalized spacial score (nSPS) is 18.4. The molecular weight excluding hydrogens is 246 g/mol. The molecule has 0 aliphatic heterocycles. The standard InChI is InChI=1S/C18H29NO/c1-14(2)12-15-8-10-16(11-9-15)18(13-20)19-17-6-4-3-5-7-17/h8-11,14,17-20H,3-7,12-13H2,1-2H3. The van der Waals surface area contributed by atoms with Gasteiger partial charge in [-0.1, -0.05) is 57.4 Å². The van der Waals surface area contributed by atoms with Crippen LogP contribution in [0.5, 0.6) is 0 Å². The van der Waals surface area contributed by atoms with Gasteiger partial charge in [0, 0.05) is 6.04 Å². The molecule has 112 valence electrons. The highest BCUT2D eigenvalue weighted by molar-refractivity contribution is 5.25. The molecule has 2 nitrogen and oxygen atoms in total. The lowest BCUT2D eigenvalue weighted by Crippen LogP contribution is -2.36. The topological polar surface area (TPSA) is 32.3 Å². The minimum atomic E-state index is 0.0891. The summed E-state index contributed by atoms with van der Waals surface area (Å²) in [5.74, 6) is 0.690. The predicted molar refractivity (Wildman–Crippen MR) is 84.8 cm³/mol. The van der Waals surface area contributed by atoms with E-state index < -0.39 is 0 Å². The Morgan fingerprint density at radius 1 is 1.10 bits per heavy atom. The van der Waals surface area contributed by atoms with Crippen LogP contribution in [0, 0.1) is 5.92 Å². The summed E-state index contributed by atoms with van der Waals surface area (Å²) in [5.41, 5.74) is 2.60. The number of benzene rings is 1. The molecule has 2 rings (SSSR count). The second kappa shape index (κ2) is 7.80. The van der Waals surface area contributed by atoms with Gasteiger partial charge in [-0.15, -0.1) is 0 Å². The van der Waals surface area contributed by atoms with E-state index in [0.717, 1.165) is 6.42 Å². The number of aliphatic hydroxyl groups is 1. The maximum atomic E-state index is 9.66. The molecule has 1 aromatic carbocycles. The number of hydrogen-bond donors (Lipinski definition) is 2. The molecule has 2 heteroatoms. The Hall–Kier alpha value is -0.860. The molecule has 20 heavy (non-hydrogen) atoms. The zero-order valence-electron chi connectivity index (χ0n) is 12.9. The molecule has 1 saturated carbocycles. The van der Waals surface area contributed by atoms with Gasteiger partial charge in [-0.05, 0) is 36.3 Å². The molecule has 1 atom stereocenters. The largest absolute Gasteiger partial charge is 0.394 e. The monoisotopic (exact) mass is 275 g/mol. The first-order chi connectivity index (χ1) is 9.69. The van der Waals surface area contributed by atoms with Crippen LogP contribution in [-0.2, 0) is 6.42 Å². The van der Waals surface area contributed by atoms with Gasteiger partial charge in [0.15, 0.2) is 0 Å². The summed E-state index contributed by atoms with van der Waals surface area (Å²) >= 11 is 0.